The molecule has 0 saturated heterocycles. The Morgan fingerprint density at radius 2 is 1.70 bits per heavy atom. The van der Waals surface area contributed by atoms with E-state index in [1.165, 1.54) is 7.05 Å². The van der Waals surface area contributed by atoms with Crippen LogP contribution in [0.3, 0.4) is 0 Å². The van der Waals surface area contributed by atoms with E-state index in [0.29, 0.717) is 36.1 Å². The summed E-state index contributed by atoms with van der Waals surface area (Å²) in [6, 6.07) is 6.84. The number of nitrogens with one attached hydrogen (secondary N) is 3. The first-order chi connectivity index (χ1) is 17.6. The first kappa shape index (κ1) is 29.7. The largest absolute Gasteiger partial charge is 0.496 e. The molecule has 3 N–H and O–H groups in total. The van der Waals surface area contributed by atoms with E-state index in [2.05, 4.69) is 34.9 Å². The highest BCUT2D eigenvalue weighted by Crippen LogP contribution is 2.39. The predicted octanol–water partition coefficient (Wildman–Crippen LogP) is 3.01. The van der Waals surface area contributed by atoms with Crippen LogP contribution in [0.5, 0.6) is 11.5 Å². The van der Waals surface area contributed by atoms with Crippen molar-refractivity contribution in [3.8, 4) is 22.8 Å². The molecule has 10 heteroatoms. The zero-order valence-electron chi connectivity index (χ0n) is 23.0. The smallest absolute Gasteiger partial charge is 0.272 e. The monoisotopic (exact) mass is 515 g/mol. The van der Waals surface area contributed by atoms with Crippen LogP contribution in [0.4, 0.5) is 0 Å². The van der Waals surface area contributed by atoms with Crippen molar-refractivity contribution < 1.29 is 23.9 Å². The molecule has 0 aliphatic heterocycles. The van der Waals surface area contributed by atoms with Gasteiger partial charge in [0.2, 0.25) is 11.8 Å². The van der Waals surface area contributed by atoms with Crippen molar-refractivity contribution in [3.05, 3.63) is 30.0 Å². The van der Waals surface area contributed by atoms with Crippen LogP contribution >= 0.6 is 0 Å². The van der Waals surface area contributed by atoms with Crippen LogP contribution in [-0.4, -0.2) is 61.4 Å². The number of benzene rings is 1. The number of aromatic nitrogens is 2. The van der Waals surface area contributed by atoms with E-state index < -0.39 is 6.04 Å². The van der Waals surface area contributed by atoms with Gasteiger partial charge in [-0.3, -0.25) is 19.1 Å². The van der Waals surface area contributed by atoms with Crippen molar-refractivity contribution in [1.29, 1.82) is 0 Å². The van der Waals surface area contributed by atoms with E-state index in [0.717, 1.165) is 12.0 Å². The maximum Gasteiger partial charge on any atom is 0.272 e. The van der Waals surface area contributed by atoms with Crippen molar-refractivity contribution in [2.75, 3.05) is 27.8 Å². The van der Waals surface area contributed by atoms with Gasteiger partial charge >= 0.3 is 0 Å². The third-order valence-electron chi connectivity index (χ3n) is 6.13. The van der Waals surface area contributed by atoms with Crippen LogP contribution in [0.25, 0.3) is 11.3 Å². The zero-order valence-corrected chi connectivity index (χ0v) is 23.0. The number of ether oxygens (including phenoxy) is 2. The molecule has 0 spiro atoms. The topological polar surface area (TPSA) is 124 Å². The lowest BCUT2D eigenvalue weighted by Gasteiger charge is -2.20. The van der Waals surface area contributed by atoms with Crippen LogP contribution in [0.1, 0.15) is 57.4 Å². The molecule has 2 unspecified atom stereocenters. The molecule has 0 radical (unpaired) electrons. The number of hydrogen-bond acceptors (Lipinski definition) is 6. The van der Waals surface area contributed by atoms with Gasteiger partial charge in [-0.1, -0.05) is 40.2 Å². The Kier molecular flexibility index (Phi) is 11.4. The summed E-state index contributed by atoms with van der Waals surface area (Å²) in [6.45, 7) is 8.78. The molecule has 2 rings (SSSR count). The minimum Gasteiger partial charge on any atom is -0.496 e. The Hall–Kier alpha value is -3.56. The summed E-state index contributed by atoms with van der Waals surface area (Å²) in [5, 5.41) is 12.7. The van der Waals surface area contributed by atoms with Crippen molar-refractivity contribution in [2.45, 2.75) is 59.5 Å². The molecular weight excluding hydrogens is 474 g/mol. The summed E-state index contributed by atoms with van der Waals surface area (Å²) >= 11 is 0. The van der Waals surface area contributed by atoms with Gasteiger partial charge in [0, 0.05) is 26.1 Å². The third-order valence-corrected chi connectivity index (χ3v) is 6.13. The standard InChI is InChI=1S/C27H41N5O5/c1-8-18(4)16-32-21(26-22(36-6)10-9-11-23(26)37-7)14-20(31-32)27(35)30-19(12-17(2)3)13-24(33)29-15-25(34)28-5/h9-11,14,17-19H,8,12-13,15-16H2,1-7H3,(H,28,34)(H,29,33)(H,30,35). The first-order valence-corrected chi connectivity index (χ1v) is 12.7. The summed E-state index contributed by atoms with van der Waals surface area (Å²) in [5.74, 6) is 0.827. The molecule has 0 aliphatic carbocycles. The van der Waals surface area contributed by atoms with Gasteiger partial charge in [-0.15, -0.1) is 0 Å². The highest BCUT2D eigenvalue weighted by Gasteiger charge is 2.25. The molecule has 10 nitrogen and oxygen atoms in total. The third kappa shape index (κ3) is 8.51. The number of nitrogens with zero attached hydrogens (tertiary/aromatic N) is 2. The van der Waals surface area contributed by atoms with E-state index in [1.54, 1.807) is 20.3 Å². The fourth-order valence-corrected chi connectivity index (χ4v) is 3.98. The summed E-state index contributed by atoms with van der Waals surface area (Å²) in [4.78, 5) is 37.2. The quantitative estimate of drug-likeness (QED) is 0.355. The number of rotatable bonds is 14. The molecule has 1 aromatic carbocycles. The second-order valence-corrected chi connectivity index (χ2v) is 9.60. The van der Waals surface area contributed by atoms with Gasteiger partial charge in [0.1, 0.15) is 11.5 Å². The molecule has 2 atom stereocenters. The van der Waals surface area contributed by atoms with Crippen molar-refractivity contribution in [2.24, 2.45) is 11.8 Å². The van der Waals surface area contributed by atoms with Crippen LogP contribution in [0.15, 0.2) is 24.3 Å². The van der Waals surface area contributed by atoms with Gasteiger partial charge in [0.25, 0.3) is 5.91 Å². The van der Waals surface area contributed by atoms with Crippen molar-refractivity contribution in [3.63, 3.8) is 0 Å². The highest BCUT2D eigenvalue weighted by atomic mass is 16.5. The molecular formula is C27H41N5O5. The second kappa shape index (κ2) is 14.2. The Morgan fingerprint density at radius 1 is 1.05 bits per heavy atom. The molecule has 37 heavy (non-hydrogen) atoms. The average Bonchev–Trinajstić information content (AvgIpc) is 3.29. The maximum atomic E-state index is 13.3. The summed E-state index contributed by atoms with van der Waals surface area (Å²) in [5.41, 5.74) is 1.67. The number of carbonyl (C=O) groups excluding carboxylic acids is 3. The SMILES string of the molecule is CCC(C)Cn1nc(C(=O)NC(CC(=O)NCC(=O)NC)CC(C)C)cc1-c1c(OC)cccc1OC. The maximum absolute atomic E-state index is 13.3. The van der Waals surface area contributed by atoms with E-state index >= 15 is 0 Å². The van der Waals surface area contributed by atoms with Gasteiger partial charge in [-0.2, -0.15) is 5.10 Å². The Morgan fingerprint density at radius 3 is 2.24 bits per heavy atom. The number of methoxy groups -OCH3 is 2. The second-order valence-electron chi connectivity index (χ2n) is 9.60. The van der Waals surface area contributed by atoms with Gasteiger partial charge in [-0.05, 0) is 36.5 Å². The van der Waals surface area contributed by atoms with E-state index in [9.17, 15) is 14.4 Å². The summed E-state index contributed by atoms with van der Waals surface area (Å²) in [7, 11) is 4.69. The number of carbonyl (C=O) groups is 3. The lowest BCUT2D eigenvalue weighted by molar-refractivity contribution is -0.126. The molecule has 204 valence electrons. The van der Waals surface area contributed by atoms with Gasteiger partial charge in [-0.25, -0.2) is 0 Å². The van der Waals surface area contributed by atoms with Gasteiger partial charge < -0.3 is 25.4 Å². The average molecular weight is 516 g/mol. The van der Waals surface area contributed by atoms with E-state index in [4.69, 9.17) is 9.47 Å². The minimum atomic E-state index is -0.416. The lowest BCUT2D eigenvalue weighted by atomic mass is 10.0. The van der Waals surface area contributed by atoms with Crippen LogP contribution < -0.4 is 25.4 Å². The molecule has 0 fully saturated rings. The fourth-order valence-electron chi connectivity index (χ4n) is 3.98. The van der Waals surface area contributed by atoms with Gasteiger partial charge in [0.05, 0.1) is 32.0 Å². The highest BCUT2D eigenvalue weighted by molar-refractivity contribution is 5.94. The molecule has 0 aliphatic rings. The van der Waals surface area contributed by atoms with Crippen LogP contribution in [-0.2, 0) is 16.1 Å². The number of amides is 3. The Labute approximate surface area is 219 Å². The van der Waals surface area contributed by atoms with Crippen molar-refractivity contribution >= 4 is 17.7 Å². The molecule has 0 bridgehead atoms. The number of hydrogen-bond donors (Lipinski definition) is 3. The summed E-state index contributed by atoms with van der Waals surface area (Å²) < 4.78 is 13.0. The van der Waals surface area contributed by atoms with Gasteiger partial charge in [0.15, 0.2) is 5.69 Å². The predicted molar refractivity (Wildman–Crippen MR) is 143 cm³/mol. The first-order valence-electron chi connectivity index (χ1n) is 12.7. The molecule has 2 aromatic rings. The number of likely N-dealkylation sites (N-methyl/N-ethyl adjacent to an activating group) is 1. The van der Waals surface area contributed by atoms with Crippen molar-refractivity contribution in [1.82, 2.24) is 25.7 Å². The van der Waals surface area contributed by atoms with E-state index in [-0.39, 0.29) is 42.3 Å². The zero-order chi connectivity index (χ0) is 27.5. The Bertz CT molecular complexity index is 1040. The molecule has 3 amide bonds. The lowest BCUT2D eigenvalue weighted by Crippen LogP contribution is -2.42. The van der Waals surface area contributed by atoms with Crippen LogP contribution in [0, 0.1) is 11.8 Å². The molecule has 1 aromatic heterocycles. The summed E-state index contributed by atoms with van der Waals surface area (Å²) in [6.07, 6.45) is 1.60. The molecule has 0 saturated carbocycles. The molecule has 1 heterocycles. The normalized spacial score (nSPS) is 12.5. The van der Waals surface area contributed by atoms with Crippen LogP contribution in [0.2, 0.25) is 0 Å². The fraction of sp³-hybridized carbons (Fsp3) is 0.556. The minimum absolute atomic E-state index is 0.0572. The van der Waals surface area contributed by atoms with E-state index in [1.807, 2.05) is 36.7 Å². The Balaban J connectivity index is 2.37.